The Morgan fingerprint density at radius 2 is 1.62 bits per heavy atom. The molecule has 3 rings (SSSR count). The Kier molecular flexibility index (Phi) is 3.89. The molecule has 0 bridgehead atoms. The van der Waals surface area contributed by atoms with Crippen LogP contribution in [0.4, 0.5) is 0 Å². The Hall–Kier alpha value is -2.32. The number of fused-ring (bicyclic) bond motifs is 1. The highest BCUT2D eigenvalue weighted by molar-refractivity contribution is 5.82. The van der Waals surface area contributed by atoms with Gasteiger partial charge in [0.15, 0.2) is 0 Å². The maximum atomic E-state index is 9.88. The molecule has 0 heterocycles. The minimum absolute atomic E-state index is 0.109. The number of hydrogen-bond acceptors (Lipinski definition) is 2. The van der Waals surface area contributed by atoms with Gasteiger partial charge in [0, 0.05) is 18.2 Å². The van der Waals surface area contributed by atoms with E-state index in [-0.39, 0.29) is 6.04 Å². The molecule has 1 atom stereocenters. The van der Waals surface area contributed by atoms with Crippen LogP contribution in [0.5, 0.6) is 5.75 Å². The number of aromatic hydroxyl groups is 1. The van der Waals surface area contributed by atoms with E-state index in [2.05, 4.69) is 54.7 Å². The second-order valence-corrected chi connectivity index (χ2v) is 5.34. The van der Waals surface area contributed by atoms with Gasteiger partial charge in [0.25, 0.3) is 0 Å². The molecular formula is C19H19NO. The SMILES string of the molecule is CC(NCc1ccc2ccccc2c1)c1ccccc1O. The normalized spacial score (nSPS) is 12.4. The molecule has 0 radical (unpaired) electrons. The van der Waals surface area contributed by atoms with Gasteiger partial charge < -0.3 is 10.4 Å². The number of nitrogens with one attached hydrogen (secondary N) is 1. The molecule has 0 spiro atoms. The standard InChI is InChI=1S/C19H19NO/c1-14(18-8-4-5-9-19(18)21)20-13-15-10-11-16-6-2-3-7-17(16)12-15/h2-12,14,20-21H,13H2,1H3. The average molecular weight is 277 g/mol. The summed E-state index contributed by atoms with van der Waals surface area (Å²) in [6.07, 6.45) is 0. The Morgan fingerprint density at radius 3 is 2.43 bits per heavy atom. The number of para-hydroxylation sites is 1. The van der Waals surface area contributed by atoms with Gasteiger partial charge in [0.2, 0.25) is 0 Å². The first-order valence-corrected chi connectivity index (χ1v) is 7.23. The van der Waals surface area contributed by atoms with E-state index in [1.807, 2.05) is 18.2 Å². The van der Waals surface area contributed by atoms with Gasteiger partial charge >= 0.3 is 0 Å². The van der Waals surface area contributed by atoms with Crippen molar-refractivity contribution in [3.05, 3.63) is 77.9 Å². The highest BCUT2D eigenvalue weighted by Gasteiger charge is 2.08. The second-order valence-electron chi connectivity index (χ2n) is 5.34. The summed E-state index contributed by atoms with van der Waals surface area (Å²) in [5.74, 6) is 0.344. The van der Waals surface area contributed by atoms with Gasteiger partial charge in [-0.25, -0.2) is 0 Å². The van der Waals surface area contributed by atoms with E-state index in [0.29, 0.717) is 5.75 Å². The van der Waals surface area contributed by atoms with Gasteiger partial charge in [-0.05, 0) is 35.4 Å². The number of rotatable bonds is 4. The molecule has 0 amide bonds. The zero-order valence-corrected chi connectivity index (χ0v) is 12.1. The van der Waals surface area contributed by atoms with Gasteiger partial charge in [-0.1, -0.05) is 54.6 Å². The fourth-order valence-corrected chi connectivity index (χ4v) is 2.58. The number of benzene rings is 3. The molecule has 0 saturated carbocycles. The smallest absolute Gasteiger partial charge is 0.120 e. The molecule has 0 aromatic heterocycles. The van der Waals surface area contributed by atoms with E-state index in [1.165, 1.54) is 16.3 Å². The summed E-state index contributed by atoms with van der Waals surface area (Å²) in [4.78, 5) is 0. The summed E-state index contributed by atoms with van der Waals surface area (Å²) in [6, 6.07) is 22.4. The second kappa shape index (κ2) is 5.98. The maximum absolute atomic E-state index is 9.88. The molecule has 2 N–H and O–H groups in total. The molecule has 0 aliphatic heterocycles. The van der Waals surface area contributed by atoms with E-state index < -0.39 is 0 Å². The third-order valence-electron chi connectivity index (χ3n) is 3.83. The molecule has 0 aliphatic carbocycles. The molecule has 1 unspecified atom stereocenters. The lowest BCUT2D eigenvalue weighted by Crippen LogP contribution is -2.18. The predicted molar refractivity (Wildman–Crippen MR) is 87.3 cm³/mol. The summed E-state index contributed by atoms with van der Waals surface area (Å²) in [5.41, 5.74) is 2.18. The average Bonchev–Trinajstić information content (AvgIpc) is 2.53. The van der Waals surface area contributed by atoms with Crippen LogP contribution in [0.2, 0.25) is 0 Å². The highest BCUT2D eigenvalue weighted by atomic mass is 16.3. The summed E-state index contributed by atoms with van der Waals surface area (Å²) in [7, 11) is 0. The Balaban J connectivity index is 1.73. The minimum Gasteiger partial charge on any atom is -0.508 e. The van der Waals surface area contributed by atoms with Gasteiger partial charge in [0.05, 0.1) is 0 Å². The third kappa shape index (κ3) is 3.06. The van der Waals surface area contributed by atoms with Crippen molar-refractivity contribution < 1.29 is 5.11 Å². The van der Waals surface area contributed by atoms with E-state index in [4.69, 9.17) is 0 Å². The van der Waals surface area contributed by atoms with Gasteiger partial charge in [-0.2, -0.15) is 0 Å². The van der Waals surface area contributed by atoms with E-state index in [0.717, 1.165) is 12.1 Å². The molecule has 2 heteroatoms. The minimum atomic E-state index is 0.109. The number of phenolic OH excluding ortho intramolecular Hbond substituents is 1. The van der Waals surface area contributed by atoms with Gasteiger partial charge in [-0.3, -0.25) is 0 Å². The van der Waals surface area contributed by atoms with Gasteiger partial charge in [-0.15, -0.1) is 0 Å². The molecule has 0 fully saturated rings. The Labute approximate surface area is 125 Å². The monoisotopic (exact) mass is 277 g/mol. The summed E-state index contributed by atoms with van der Waals surface area (Å²) in [6.45, 7) is 2.84. The molecule has 106 valence electrons. The van der Waals surface area contributed by atoms with Crippen LogP contribution in [0, 0.1) is 0 Å². The van der Waals surface area contributed by atoms with E-state index in [1.54, 1.807) is 6.07 Å². The van der Waals surface area contributed by atoms with Gasteiger partial charge in [0.1, 0.15) is 5.75 Å². The molecule has 0 aliphatic rings. The van der Waals surface area contributed by atoms with E-state index >= 15 is 0 Å². The third-order valence-corrected chi connectivity index (χ3v) is 3.83. The van der Waals surface area contributed by atoms with Crippen molar-refractivity contribution in [1.82, 2.24) is 5.32 Å². The maximum Gasteiger partial charge on any atom is 0.120 e. The van der Waals surface area contributed by atoms with Crippen molar-refractivity contribution in [2.45, 2.75) is 19.5 Å². The van der Waals surface area contributed by atoms with Crippen LogP contribution < -0.4 is 5.32 Å². The fourth-order valence-electron chi connectivity index (χ4n) is 2.58. The molecule has 3 aromatic rings. The van der Waals surface area contributed by atoms with Crippen molar-refractivity contribution >= 4 is 10.8 Å². The van der Waals surface area contributed by atoms with Crippen molar-refractivity contribution in [2.24, 2.45) is 0 Å². The van der Waals surface area contributed by atoms with Crippen LogP contribution in [0.15, 0.2) is 66.7 Å². The molecule has 3 aromatic carbocycles. The van der Waals surface area contributed by atoms with Crippen LogP contribution in [-0.2, 0) is 6.54 Å². The molecule has 21 heavy (non-hydrogen) atoms. The summed E-state index contributed by atoms with van der Waals surface area (Å²) in [5, 5.41) is 15.9. The van der Waals surface area contributed by atoms with Crippen LogP contribution in [0.1, 0.15) is 24.1 Å². The first-order chi connectivity index (χ1) is 10.2. The largest absolute Gasteiger partial charge is 0.508 e. The van der Waals surface area contributed by atoms with Crippen molar-refractivity contribution in [1.29, 1.82) is 0 Å². The Morgan fingerprint density at radius 1 is 0.905 bits per heavy atom. The zero-order valence-electron chi connectivity index (χ0n) is 12.1. The highest BCUT2D eigenvalue weighted by Crippen LogP contribution is 2.23. The van der Waals surface area contributed by atoms with Crippen LogP contribution in [-0.4, -0.2) is 5.11 Å². The lowest BCUT2D eigenvalue weighted by Gasteiger charge is -2.15. The number of phenols is 1. The molecule has 0 saturated heterocycles. The fraction of sp³-hybridized carbons (Fsp3) is 0.158. The van der Waals surface area contributed by atoms with E-state index in [9.17, 15) is 5.11 Å². The number of hydrogen-bond donors (Lipinski definition) is 2. The zero-order chi connectivity index (χ0) is 14.7. The molecule has 2 nitrogen and oxygen atoms in total. The predicted octanol–water partition coefficient (Wildman–Crippen LogP) is 4.40. The Bertz CT molecular complexity index is 751. The van der Waals surface area contributed by atoms with Crippen LogP contribution >= 0.6 is 0 Å². The molecular weight excluding hydrogens is 258 g/mol. The first-order valence-electron chi connectivity index (χ1n) is 7.23. The first kappa shape index (κ1) is 13.7. The van der Waals surface area contributed by atoms with Crippen LogP contribution in [0.25, 0.3) is 10.8 Å². The lowest BCUT2D eigenvalue weighted by molar-refractivity contribution is 0.452. The quantitative estimate of drug-likeness (QED) is 0.741. The summed E-state index contributed by atoms with van der Waals surface area (Å²) >= 11 is 0. The topological polar surface area (TPSA) is 32.3 Å². The van der Waals surface area contributed by atoms with Crippen molar-refractivity contribution in [3.8, 4) is 5.75 Å². The summed E-state index contributed by atoms with van der Waals surface area (Å²) < 4.78 is 0. The lowest BCUT2D eigenvalue weighted by atomic mass is 10.1. The van der Waals surface area contributed by atoms with Crippen molar-refractivity contribution in [3.63, 3.8) is 0 Å². The van der Waals surface area contributed by atoms with Crippen molar-refractivity contribution in [2.75, 3.05) is 0 Å². The van der Waals surface area contributed by atoms with Crippen LogP contribution in [0.3, 0.4) is 0 Å².